The zero-order valence-electron chi connectivity index (χ0n) is 5.53. The molecule has 1 heterocycles. The van der Waals surface area contributed by atoms with Crippen molar-refractivity contribution in [3.05, 3.63) is 0 Å². The molecular formula is C5H10O3P+. The van der Waals surface area contributed by atoms with Crippen molar-refractivity contribution in [2.75, 3.05) is 0 Å². The molecule has 0 amide bonds. The van der Waals surface area contributed by atoms with Crippen molar-refractivity contribution in [2.24, 2.45) is 0 Å². The molecule has 0 aromatic carbocycles. The Hall–Kier alpha value is 0.0200. The van der Waals surface area contributed by atoms with E-state index in [4.69, 9.17) is 9.05 Å². The van der Waals surface area contributed by atoms with E-state index in [9.17, 15) is 4.57 Å². The molecule has 1 fully saturated rings. The molecule has 1 aliphatic heterocycles. The van der Waals surface area contributed by atoms with Gasteiger partial charge in [-0.1, -0.05) is 0 Å². The third kappa shape index (κ3) is 2.01. The van der Waals surface area contributed by atoms with Crippen LogP contribution in [0.2, 0.25) is 0 Å². The molecule has 9 heavy (non-hydrogen) atoms. The molecule has 0 bridgehead atoms. The predicted octanol–water partition coefficient (Wildman–Crippen LogP) is 1.86. The van der Waals surface area contributed by atoms with E-state index in [1.165, 1.54) is 0 Å². The van der Waals surface area contributed by atoms with E-state index < -0.39 is 8.25 Å². The van der Waals surface area contributed by atoms with Crippen LogP contribution in [0.4, 0.5) is 0 Å². The summed E-state index contributed by atoms with van der Waals surface area (Å²) >= 11 is 0. The van der Waals surface area contributed by atoms with Gasteiger partial charge in [-0.2, -0.15) is 0 Å². The molecule has 52 valence electrons. The maximum atomic E-state index is 10.6. The van der Waals surface area contributed by atoms with Crippen LogP contribution in [0.3, 0.4) is 0 Å². The minimum atomic E-state index is -1.82. The Morgan fingerprint density at radius 1 is 1.33 bits per heavy atom. The first-order valence-electron chi connectivity index (χ1n) is 2.99. The van der Waals surface area contributed by atoms with Crippen molar-refractivity contribution < 1.29 is 13.6 Å². The second-order valence-corrected chi connectivity index (χ2v) is 3.16. The second-order valence-electron chi connectivity index (χ2n) is 2.29. The average Bonchev–Trinajstić information content (AvgIpc) is 1.59. The lowest BCUT2D eigenvalue weighted by Crippen LogP contribution is -2.19. The van der Waals surface area contributed by atoms with Crippen LogP contribution in [-0.4, -0.2) is 12.2 Å². The van der Waals surface area contributed by atoms with Gasteiger partial charge in [-0.25, -0.2) is 0 Å². The van der Waals surface area contributed by atoms with Crippen LogP contribution in [0, 0.1) is 0 Å². The molecule has 0 saturated carbocycles. The van der Waals surface area contributed by atoms with E-state index in [1.54, 1.807) is 0 Å². The molecule has 1 rings (SSSR count). The fraction of sp³-hybridized carbons (Fsp3) is 1.00. The fourth-order valence-electron chi connectivity index (χ4n) is 0.872. The number of rotatable bonds is 0. The van der Waals surface area contributed by atoms with E-state index >= 15 is 0 Å². The van der Waals surface area contributed by atoms with E-state index in [1.807, 2.05) is 13.8 Å². The van der Waals surface area contributed by atoms with Gasteiger partial charge >= 0.3 is 8.25 Å². The third-order valence-corrected chi connectivity index (χ3v) is 2.26. The molecule has 1 aliphatic rings. The Balaban J connectivity index is 2.43. The third-order valence-electron chi connectivity index (χ3n) is 1.20. The molecule has 3 nitrogen and oxygen atoms in total. The maximum Gasteiger partial charge on any atom is 0.697 e. The lowest BCUT2D eigenvalue weighted by molar-refractivity contribution is 0.0628. The molecule has 0 N–H and O–H groups in total. The molecule has 1 saturated heterocycles. The highest BCUT2D eigenvalue weighted by Crippen LogP contribution is 2.35. The van der Waals surface area contributed by atoms with Crippen molar-refractivity contribution in [1.29, 1.82) is 0 Å². The van der Waals surface area contributed by atoms with Gasteiger partial charge in [0.25, 0.3) is 0 Å². The summed E-state index contributed by atoms with van der Waals surface area (Å²) in [5, 5.41) is 0. The first-order valence-corrected chi connectivity index (χ1v) is 4.09. The summed E-state index contributed by atoms with van der Waals surface area (Å²) in [4.78, 5) is 0. The van der Waals surface area contributed by atoms with Crippen LogP contribution in [0.5, 0.6) is 0 Å². The lowest BCUT2D eigenvalue weighted by Gasteiger charge is -2.12. The summed E-state index contributed by atoms with van der Waals surface area (Å²) in [5.74, 6) is 0. The quantitative estimate of drug-likeness (QED) is 0.493. The highest BCUT2D eigenvalue weighted by Gasteiger charge is 2.35. The standard InChI is InChI=1S/C5H10O3P/c1-4-3-5(2)8-9(6)7-4/h4-5H,3H2,1-2H3/q+1/t4-,5-/m1/s1. The van der Waals surface area contributed by atoms with Crippen molar-refractivity contribution in [3.63, 3.8) is 0 Å². The molecular weight excluding hydrogens is 139 g/mol. The molecule has 0 aromatic heterocycles. The van der Waals surface area contributed by atoms with Crippen LogP contribution >= 0.6 is 8.25 Å². The van der Waals surface area contributed by atoms with Gasteiger partial charge in [-0.05, 0) is 13.8 Å². The first-order chi connectivity index (χ1) is 4.18. The highest BCUT2D eigenvalue weighted by atomic mass is 31.1. The summed E-state index contributed by atoms with van der Waals surface area (Å²) in [6, 6.07) is 0. The van der Waals surface area contributed by atoms with Crippen LogP contribution in [-0.2, 0) is 13.6 Å². The minimum absolute atomic E-state index is 0.0809. The fourth-order valence-corrected chi connectivity index (χ4v) is 1.68. The molecule has 0 aromatic rings. The largest absolute Gasteiger partial charge is 0.697 e. The summed E-state index contributed by atoms with van der Waals surface area (Å²) in [6.07, 6.45) is 0.996. The van der Waals surface area contributed by atoms with Crippen LogP contribution < -0.4 is 0 Å². The van der Waals surface area contributed by atoms with Crippen molar-refractivity contribution in [3.8, 4) is 0 Å². The zero-order valence-corrected chi connectivity index (χ0v) is 6.43. The van der Waals surface area contributed by atoms with Gasteiger partial charge in [0, 0.05) is 11.0 Å². The smallest absolute Gasteiger partial charge is 0.116 e. The maximum absolute atomic E-state index is 10.6. The Morgan fingerprint density at radius 2 is 1.78 bits per heavy atom. The monoisotopic (exact) mass is 149 g/mol. The average molecular weight is 149 g/mol. The van der Waals surface area contributed by atoms with E-state index in [0.717, 1.165) is 6.42 Å². The Kier molecular flexibility index (Phi) is 2.17. The van der Waals surface area contributed by atoms with E-state index in [0.29, 0.717) is 0 Å². The van der Waals surface area contributed by atoms with E-state index in [2.05, 4.69) is 0 Å². The van der Waals surface area contributed by atoms with Gasteiger partial charge in [0.2, 0.25) is 0 Å². The summed E-state index contributed by atoms with van der Waals surface area (Å²) in [6.45, 7) is 3.79. The number of hydrogen-bond acceptors (Lipinski definition) is 3. The SMILES string of the molecule is C[C@@H]1C[C@@H](C)O[P+](=O)O1. The highest BCUT2D eigenvalue weighted by molar-refractivity contribution is 7.33. The van der Waals surface area contributed by atoms with Crippen LogP contribution in [0.25, 0.3) is 0 Å². The molecule has 2 atom stereocenters. The molecule has 0 unspecified atom stereocenters. The zero-order chi connectivity index (χ0) is 6.85. The van der Waals surface area contributed by atoms with Crippen molar-refractivity contribution in [2.45, 2.75) is 32.5 Å². The second kappa shape index (κ2) is 2.74. The molecule has 0 spiro atoms. The summed E-state index contributed by atoms with van der Waals surface area (Å²) in [7, 11) is -1.82. The summed E-state index contributed by atoms with van der Waals surface area (Å²) < 4.78 is 20.3. The van der Waals surface area contributed by atoms with Gasteiger partial charge in [-0.3, -0.25) is 0 Å². The first kappa shape index (κ1) is 7.13. The number of hydrogen-bond donors (Lipinski definition) is 0. The van der Waals surface area contributed by atoms with Crippen molar-refractivity contribution in [1.82, 2.24) is 0 Å². The van der Waals surface area contributed by atoms with Gasteiger partial charge < -0.3 is 0 Å². The minimum Gasteiger partial charge on any atom is -0.116 e. The Morgan fingerprint density at radius 3 is 2.11 bits per heavy atom. The lowest BCUT2D eigenvalue weighted by atomic mass is 10.2. The van der Waals surface area contributed by atoms with Crippen molar-refractivity contribution >= 4 is 8.25 Å². The van der Waals surface area contributed by atoms with Gasteiger partial charge in [-0.15, -0.1) is 9.05 Å². The van der Waals surface area contributed by atoms with Gasteiger partial charge in [0.1, 0.15) is 12.2 Å². The Bertz CT molecular complexity index is 113. The molecule has 4 heteroatoms. The summed E-state index contributed by atoms with van der Waals surface area (Å²) in [5.41, 5.74) is 0. The Labute approximate surface area is 55.3 Å². The van der Waals surface area contributed by atoms with Gasteiger partial charge in [0.15, 0.2) is 0 Å². The van der Waals surface area contributed by atoms with Gasteiger partial charge in [0.05, 0.1) is 0 Å². The van der Waals surface area contributed by atoms with E-state index in [-0.39, 0.29) is 12.2 Å². The van der Waals surface area contributed by atoms with Crippen LogP contribution in [0.15, 0.2) is 0 Å². The predicted molar refractivity (Wildman–Crippen MR) is 33.3 cm³/mol. The normalized spacial score (nSPS) is 40.9. The van der Waals surface area contributed by atoms with Crippen LogP contribution in [0.1, 0.15) is 20.3 Å². The topological polar surface area (TPSA) is 35.5 Å². The molecule has 0 radical (unpaired) electrons. The molecule has 0 aliphatic carbocycles.